The van der Waals surface area contributed by atoms with Crippen molar-refractivity contribution in [1.82, 2.24) is 19.6 Å². The van der Waals surface area contributed by atoms with E-state index in [0.717, 1.165) is 53.0 Å². The van der Waals surface area contributed by atoms with Gasteiger partial charge in [0.15, 0.2) is 11.5 Å². The molecule has 4 rings (SSSR count). The Morgan fingerprint density at radius 1 is 1.04 bits per heavy atom. The molecule has 0 saturated heterocycles. The maximum atomic E-state index is 6.16. The summed E-state index contributed by atoms with van der Waals surface area (Å²) in [5.41, 5.74) is 3.94. The van der Waals surface area contributed by atoms with Crippen LogP contribution in [0.25, 0.3) is 27.9 Å². The maximum Gasteiger partial charge on any atom is 0.182 e. The third-order valence-corrected chi connectivity index (χ3v) is 4.60. The SMILES string of the molecule is CCCCc1nc2cc(Cl)ccc2c2nc(-c3ccc(C)cc3)nn12. The first-order chi connectivity index (χ1) is 12.2. The molecular weight excluding hydrogens is 332 g/mol. The van der Waals surface area contributed by atoms with Crippen LogP contribution in [0.4, 0.5) is 0 Å². The van der Waals surface area contributed by atoms with Crippen LogP contribution in [0.1, 0.15) is 31.2 Å². The average molecular weight is 351 g/mol. The summed E-state index contributed by atoms with van der Waals surface area (Å²) in [7, 11) is 0. The third-order valence-electron chi connectivity index (χ3n) is 4.37. The molecule has 2 aromatic carbocycles. The number of fused-ring (bicyclic) bond motifs is 3. The number of nitrogens with zero attached hydrogens (tertiary/aromatic N) is 4. The number of benzene rings is 2. The van der Waals surface area contributed by atoms with Gasteiger partial charge in [-0.05, 0) is 31.5 Å². The molecule has 0 aliphatic rings. The second kappa shape index (κ2) is 6.45. The lowest BCUT2D eigenvalue weighted by Gasteiger charge is -2.06. The van der Waals surface area contributed by atoms with Gasteiger partial charge in [-0.25, -0.2) is 9.97 Å². The van der Waals surface area contributed by atoms with Gasteiger partial charge in [-0.2, -0.15) is 4.52 Å². The second-order valence-corrected chi connectivity index (χ2v) is 6.77. The highest BCUT2D eigenvalue weighted by atomic mass is 35.5. The Hall–Kier alpha value is -2.46. The molecule has 0 amide bonds. The Kier molecular flexibility index (Phi) is 4.14. The molecule has 0 fully saturated rings. The van der Waals surface area contributed by atoms with Gasteiger partial charge in [-0.1, -0.05) is 54.8 Å². The van der Waals surface area contributed by atoms with Gasteiger partial charge in [-0.3, -0.25) is 0 Å². The Morgan fingerprint density at radius 3 is 2.60 bits per heavy atom. The zero-order valence-electron chi connectivity index (χ0n) is 14.3. The lowest BCUT2D eigenvalue weighted by atomic mass is 10.1. The fourth-order valence-electron chi connectivity index (χ4n) is 2.96. The molecule has 0 aliphatic heterocycles. The fraction of sp³-hybridized carbons (Fsp3) is 0.250. The molecule has 0 N–H and O–H groups in total. The van der Waals surface area contributed by atoms with E-state index in [2.05, 4.69) is 38.1 Å². The Bertz CT molecular complexity index is 1050. The molecule has 0 radical (unpaired) electrons. The van der Waals surface area contributed by atoms with E-state index in [1.54, 1.807) is 0 Å². The van der Waals surface area contributed by atoms with E-state index in [1.165, 1.54) is 5.56 Å². The zero-order valence-corrected chi connectivity index (χ0v) is 15.1. The summed E-state index contributed by atoms with van der Waals surface area (Å²) >= 11 is 6.16. The summed E-state index contributed by atoms with van der Waals surface area (Å²) in [6.07, 6.45) is 3.04. The molecule has 0 atom stereocenters. The quantitative estimate of drug-likeness (QED) is 0.505. The van der Waals surface area contributed by atoms with Gasteiger partial charge >= 0.3 is 0 Å². The van der Waals surface area contributed by atoms with Gasteiger partial charge in [-0.15, -0.1) is 5.10 Å². The number of hydrogen-bond donors (Lipinski definition) is 0. The van der Waals surface area contributed by atoms with E-state index in [1.807, 2.05) is 22.7 Å². The van der Waals surface area contributed by atoms with E-state index in [-0.39, 0.29) is 0 Å². The van der Waals surface area contributed by atoms with Crippen LogP contribution in [0.3, 0.4) is 0 Å². The van der Waals surface area contributed by atoms with Crippen molar-refractivity contribution in [2.75, 3.05) is 0 Å². The van der Waals surface area contributed by atoms with Crippen molar-refractivity contribution in [3.63, 3.8) is 0 Å². The summed E-state index contributed by atoms with van der Waals surface area (Å²) in [5.74, 6) is 1.65. The van der Waals surface area contributed by atoms with Gasteiger partial charge in [0.05, 0.1) is 5.52 Å². The minimum absolute atomic E-state index is 0.684. The molecule has 4 nitrogen and oxygen atoms in total. The number of aromatic nitrogens is 4. The second-order valence-electron chi connectivity index (χ2n) is 6.33. The standard InChI is InChI=1S/C20H19ClN4/c1-3-4-5-18-22-17-12-15(21)10-11-16(17)20-23-19(24-25(18)20)14-8-6-13(2)7-9-14/h6-12H,3-5H2,1-2H3. The zero-order chi connectivity index (χ0) is 17.4. The third kappa shape index (κ3) is 2.98. The normalized spacial score (nSPS) is 11.5. The molecule has 0 aliphatic carbocycles. The van der Waals surface area contributed by atoms with Crippen LogP contribution < -0.4 is 0 Å². The Morgan fingerprint density at radius 2 is 1.84 bits per heavy atom. The number of aryl methyl sites for hydroxylation is 2. The van der Waals surface area contributed by atoms with Crippen LogP contribution in [0, 0.1) is 6.92 Å². The highest BCUT2D eigenvalue weighted by molar-refractivity contribution is 6.31. The Labute approximate surface area is 151 Å². The number of hydrogen-bond acceptors (Lipinski definition) is 3. The Balaban J connectivity index is 1.96. The largest absolute Gasteiger partial charge is 0.233 e. The van der Waals surface area contributed by atoms with Crippen LogP contribution in [-0.4, -0.2) is 19.6 Å². The van der Waals surface area contributed by atoms with Gasteiger partial charge in [0.1, 0.15) is 5.82 Å². The van der Waals surface area contributed by atoms with Crippen molar-refractivity contribution in [2.45, 2.75) is 33.1 Å². The summed E-state index contributed by atoms with van der Waals surface area (Å²) in [5, 5.41) is 6.40. The number of halogens is 1. The highest BCUT2D eigenvalue weighted by Gasteiger charge is 2.14. The smallest absolute Gasteiger partial charge is 0.182 e. The van der Waals surface area contributed by atoms with Crippen LogP contribution in [0.2, 0.25) is 5.02 Å². The van der Waals surface area contributed by atoms with Crippen LogP contribution in [0.15, 0.2) is 42.5 Å². The molecule has 126 valence electrons. The van der Waals surface area contributed by atoms with E-state index in [0.29, 0.717) is 5.02 Å². The first-order valence-electron chi connectivity index (χ1n) is 8.57. The summed E-state index contributed by atoms with van der Waals surface area (Å²) in [6, 6.07) is 14.0. The monoisotopic (exact) mass is 350 g/mol. The molecule has 5 heteroatoms. The topological polar surface area (TPSA) is 43.1 Å². The van der Waals surface area contributed by atoms with Gasteiger partial charge in [0, 0.05) is 22.4 Å². The molecule has 0 saturated carbocycles. The first kappa shape index (κ1) is 16.0. The van der Waals surface area contributed by atoms with Crippen molar-refractivity contribution < 1.29 is 0 Å². The van der Waals surface area contributed by atoms with Gasteiger partial charge in [0.2, 0.25) is 0 Å². The minimum atomic E-state index is 0.684. The summed E-state index contributed by atoms with van der Waals surface area (Å²) in [4.78, 5) is 9.61. The summed E-state index contributed by atoms with van der Waals surface area (Å²) in [6.45, 7) is 4.25. The molecule has 0 unspecified atom stereocenters. The lowest BCUT2D eigenvalue weighted by Crippen LogP contribution is -2.03. The van der Waals surface area contributed by atoms with Crippen molar-refractivity contribution >= 4 is 28.2 Å². The van der Waals surface area contributed by atoms with E-state index in [4.69, 9.17) is 26.7 Å². The van der Waals surface area contributed by atoms with Crippen molar-refractivity contribution in [1.29, 1.82) is 0 Å². The molecule has 0 bridgehead atoms. The molecule has 4 aromatic rings. The fourth-order valence-corrected chi connectivity index (χ4v) is 3.13. The predicted octanol–water partition coefficient (Wildman–Crippen LogP) is 5.25. The van der Waals surface area contributed by atoms with Crippen molar-refractivity contribution in [3.05, 3.63) is 58.9 Å². The van der Waals surface area contributed by atoms with Crippen LogP contribution >= 0.6 is 11.6 Å². The molecule has 2 heterocycles. The van der Waals surface area contributed by atoms with Crippen molar-refractivity contribution in [3.8, 4) is 11.4 Å². The highest BCUT2D eigenvalue weighted by Crippen LogP contribution is 2.25. The number of rotatable bonds is 4. The van der Waals surface area contributed by atoms with E-state index >= 15 is 0 Å². The molecular formula is C20H19ClN4. The molecule has 2 aromatic heterocycles. The van der Waals surface area contributed by atoms with Crippen molar-refractivity contribution in [2.24, 2.45) is 0 Å². The van der Waals surface area contributed by atoms with Crippen LogP contribution in [-0.2, 0) is 6.42 Å². The first-order valence-corrected chi connectivity index (χ1v) is 8.95. The van der Waals surface area contributed by atoms with E-state index in [9.17, 15) is 0 Å². The van der Waals surface area contributed by atoms with Gasteiger partial charge in [0.25, 0.3) is 0 Å². The minimum Gasteiger partial charge on any atom is -0.233 e. The summed E-state index contributed by atoms with van der Waals surface area (Å²) < 4.78 is 1.89. The molecule has 0 spiro atoms. The maximum absolute atomic E-state index is 6.16. The van der Waals surface area contributed by atoms with E-state index < -0.39 is 0 Å². The average Bonchev–Trinajstić information content (AvgIpc) is 3.05. The number of unbranched alkanes of at least 4 members (excludes halogenated alkanes) is 1. The predicted molar refractivity (Wildman–Crippen MR) is 102 cm³/mol. The molecule has 25 heavy (non-hydrogen) atoms. The lowest BCUT2D eigenvalue weighted by molar-refractivity contribution is 0.720. The van der Waals surface area contributed by atoms with Crippen LogP contribution in [0.5, 0.6) is 0 Å². The van der Waals surface area contributed by atoms with Gasteiger partial charge < -0.3 is 0 Å².